The minimum absolute atomic E-state index is 0.0545. The maximum atomic E-state index is 12.5. The second-order valence-corrected chi connectivity index (χ2v) is 7.27. The van der Waals surface area contributed by atoms with Crippen LogP contribution in [-0.2, 0) is 19.5 Å². The van der Waals surface area contributed by atoms with Crippen LogP contribution in [0.15, 0.2) is 24.3 Å². The number of anilines is 1. The van der Waals surface area contributed by atoms with Gasteiger partial charge in [0.1, 0.15) is 5.82 Å². The minimum Gasteiger partial charge on any atom is -0.372 e. The number of piperidine rings is 1. The van der Waals surface area contributed by atoms with Gasteiger partial charge < -0.3 is 14.8 Å². The third-order valence-electron chi connectivity index (χ3n) is 5.44. The van der Waals surface area contributed by atoms with E-state index in [0.29, 0.717) is 12.1 Å². The molecule has 1 fully saturated rings. The SMILES string of the molecule is O=C(NCc1nnc2n1CCCCC2)c1ccc(N2CCCCC2)cc1. The number of hydrogen-bond donors (Lipinski definition) is 1. The molecule has 2 aliphatic rings. The molecule has 0 aliphatic carbocycles. The predicted molar refractivity (Wildman–Crippen MR) is 101 cm³/mol. The predicted octanol–water partition coefficient (Wildman–Crippen LogP) is 2.92. The first-order valence-electron chi connectivity index (χ1n) is 9.85. The highest BCUT2D eigenvalue weighted by atomic mass is 16.1. The van der Waals surface area contributed by atoms with Crippen molar-refractivity contribution >= 4 is 11.6 Å². The van der Waals surface area contributed by atoms with E-state index in [1.54, 1.807) is 0 Å². The zero-order valence-electron chi connectivity index (χ0n) is 15.3. The fraction of sp³-hybridized carbons (Fsp3) is 0.550. The van der Waals surface area contributed by atoms with Crippen molar-refractivity contribution in [1.29, 1.82) is 0 Å². The molecule has 26 heavy (non-hydrogen) atoms. The summed E-state index contributed by atoms with van der Waals surface area (Å²) in [6, 6.07) is 7.96. The Morgan fingerprint density at radius 3 is 2.46 bits per heavy atom. The van der Waals surface area contributed by atoms with E-state index in [1.807, 2.05) is 12.1 Å². The van der Waals surface area contributed by atoms with Crippen LogP contribution >= 0.6 is 0 Å². The summed E-state index contributed by atoms with van der Waals surface area (Å²) >= 11 is 0. The fourth-order valence-corrected chi connectivity index (χ4v) is 3.91. The number of amides is 1. The van der Waals surface area contributed by atoms with Crippen molar-refractivity contribution in [1.82, 2.24) is 20.1 Å². The van der Waals surface area contributed by atoms with Gasteiger partial charge in [0.2, 0.25) is 0 Å². The van der Waals surface area contributed by atoms with E-state index in [0.717, 1.165) is 44.1 Å². The summed E-state index contributed by atoms with van der Waals surface area (Å²) in [6.45, 7) is 3.62. The van der Waals surface area contributed by atoms with Gasteiger partial charge in [0, 0.05) is 37.3 Å². The molecule has 6 heteroatoms. The smallest absolute Gasteiger partial charge is 0.251 e. The van der Waals surface area contributed by atoms with E-state index in [9.17, 15) is 4.79 Å². The molecule has 2 aliphatic heterocycles. The maximum absolute atomic E-state index is 12.5. The molecule has 0 unspecified atom stereocenters. The Labute approximate surface area is 154 Å². The minimum atomic E-state index is -0.0545. The quantitative estimate of drug-likeness (QED) is 0.918. The van der Waals surface area contributed by atoms with Crippen molar-refractivity contribution in [3.63, 3.8) is 0 Å². The summed E-state index contributed by atoms with van der Waals surface area (Å²) in [5.41, 5.74) is 1.91. The molecular formula is C20H27N5O. The Bertz CT molecular complexity index is 746. The second kappa shape index (κ2) is 7.89. The standard InChI is InChI=1S/C20H27N5O/c26-20(16-8-10-17(11-9-16)24-12-4-2-5-13-24)21-15-19-23-22-18-7-3-1-6-14-25(18)19/h8-11H,1-7,12-15H2,(H,21,26). The number of carbonyl (C=O) groups is 1. The highest BCUT2D eigenvalue weighted by molar-refractivity contribution is 5.94. The summed E-state index contributed by atoms with van der Waals surface area (Å²) in [7, 11) is 0. The summed E-state index contributed by atoms with van der Waals surface area (Å²) in [6.07, 6.45) is 8.38. The molecular weight excluding hydrogens is 326 g/mol. The number of nitrogens with zero attached hydrogens (tertiary/aromatic N) is 4. The highest BCUT2D eigenvalue weighted by Crippen LogP contribution is 2.20. The Morgan fingerprint density at radius 2 is 1.65 bits per heavy atom. The lowest BCUT2D eigenvalue weighted by Gasteiger charge is -2.28. The third kappa shape index (κ3) is 3.74. The fourth-order valence-electron chi connectivity index (χ4n) is 3.91. The van der Waals surface area contributed by atoms with Crippen molar-refractivity contribution in [2.45, 2.75) is 58.0 Å². The maximum Gasteiger partial charge on any atom is 0.251 e. The van der Waals surface area contributed by atoms with Crippen LogP contribution in [0.1, 0.15) is 60.5 Å². The molecule has 6 nitrogen and oxygen atoms in total. The average Bonchev–Trinajstić information content (AvgIpc) is 2.93. The Kier molecular flexibility index (Phi) is 5.18. The van der Waals surface area contributed by atoms with Crippen LogP contribution in [0.3, 0.4) is 0 Å². The molecule has 0 spiro atoms. The second-order valence-electron chi connectivity index (χ2n) is 7.27. The molecule has 0 atom stereocenters. The molecule has 0 saturated carbocycles. The highest BCUT2D eigenvalue weighted by Gasteiger charge is 2.16. The van der Waals surface area contributed by atoms with Crippen LogP contribution in [0.5, 0.6) is 0 Å². The zero-order chi connectivity index (χ0) is 17.8. The van der Waals surface area contributed by atoms with Gasteiger partial charge in [-0.3, -0.25) is 4.79 Å². The van der Waals surface area contributed by atoms with Gasteiger partial charge in [0.15, 0.2) is 5.82 Å². The van der Waals surface area contributed by atoms with Gasteiger partial charge in [-0.15, -0.1) is 10.2 Å². The lowest BCUT2D eigenvalue weighted by molar-refractivity contribution is 0.0949. The summed E-state index contributed by atoms with van der Waals surface area (Å²) in [4.78, 5) is 14.9. The lowest BCUT2D eigenvalue weighted by atomic mass is 10.1. The number of carbonyl (C=O) groups excluding carboxylic acids is 1. The Hall–Kier alpha value is -2.37. The van der Waals surface area contributed by atoms with Gasteiger partial charge in [-0.1, -0.05) is 6.42 Å². The van der Waals surface area contributed by atoms with E-state index in [2.05, 4.69) is 37.1 Å². The van der Waals surface area contributed by atoms with Gasteiger partial charge in [-0.05, 0) is 56.4 Å². The first-order chi connectivity index (χ1) is 12.8. The van der Waals surface area contributed by atoms with Crippen LogP contribution in [0.25, 0.3) is 0 Å². The molecule has 0 bridgehead atoms. The molecule has 3 heterocycles. The molecule has 4 rings (SSSR count). The van der Waals surface area contributed by atoms with Gasteiger partial charge in [0.25, 0.3) is 5.91 Å². The zero-order valence-corrected chi connectivity index (χ0v) is 15.3. The van der Waals surface area contributed by atoms with E-state index >= 15 is 0 Å². The Morgan fingerprint density at radius 1 is 0.923 bits per heavy atom. The van der Waals surface area contributed by atoms with E-state index in [-0.39, 0.29) is 5.91 Å². The molecule has 1 saturated heterocycles. The molecule has 2 aromatic rings. The molecule has 1 aromatic carbocycles. The van der Waals surface area contributed by atoms with Gasteiger partial charge in [-0.25, -0.2) is 0 Å². The van der Waals surface area contributed by atoms with Gasteiger partial charge in [-0.2, -0.15) is 0 Å². The average molecular weight is 353 g/mol. The first kappa shape index (κ1) is 17.1. The van der Waals surface area contributed by atoms with E-state index < -0.39 is 0 Å². The molecule has 138 valence electrons. The number of rotatable bonds is 4. The van der Waals surface area contributed by atoms with E-state index in [4.69, 9.17) is 0 Å². The number of benzene rings is 1. The van der Waals surface area contributed by atoms with Crippen molar-refractivity contribution in [2.24, 2.45) is 0 Å². The van der Waals surface area contributed by atoms with Gasteiger partial charge >= 0.3 is 0 Å². The van der Waals surface area contributed by atoms with E-state index in [1.165, 1.54) is 37.8 Å². The van der Waals surface area contributed by atoms with Crippen molar-refractivity contribution in [3.05, 3.63) is 41.5 Å². The molecule has 1 N–H and O–H groups in total. The largest absolute Gasteiger partial charge is 0.372 e. The monoisotopic (exact) mass is 353 g/mol. The van der Waals surface area contributed by atoms with Crippen LogP contribution < -0.4 is 10.2 Å². The first-order valence-corrected chi connectivity index (χ1v) is 9.85. The van der Waals surface area contributed by atoms with Crippen molar-refractivity contribution in [3.8, 4) is 0 Å². The third-order valence-corrected chi connectivity index (χ3v) is 5.44. The van der Waals surface area contributed by atoms with Crippen LogP contribution in [0.4, 0.5) is 5.69 Å². The number of aromatic nitrogens is 3. The molecule has 0 radical (unpaired) electrons. The number of nitrogens with one attached hydrogen (secondary N) is 1. The Balaban J connectivity index is 1.37. The lowest BCUT2D eigenvalue weighted by Crippen LogP contribution is -2.29. The van der Waals surface area contributed by atoms with Crippen LogP contribution in [0.2, 0.25) is 0 Å². The summed E-state index contributed by atoms with van der Waals surface area (Å²) in [5.74, 6) is 1.86. The van der Waals surface area contributed by atoms with Crippen molar-refractivity contribution in [2.75, 3.05) is 18.0 Å². The number of hydrogen-bond acceptors (Lipinski definition) is 4. The molecule has 1 aromatic heterocycles. The van der Waals surface area contributed by atoms with Gasteiger partial charge in [0.05, 0.1) is 6.54 Å². The topological polar surface area (TPSA) is 63.1 Å². The van der Waals surface area contributed by atoms with Crippen molar-refractivity contribution < 1.29 is 4.79 Å². The number of fused-ring (bicyclic) bond motifs is 1. The van der Waals surface area contributed by atoms with Crippen LogP contribution in [-0.4, -0.2) is 33.8 Å². The summed E-state index contributed by atoms with van der Waals surface area (Å²) in [5, 5.41) is 11.6. The van der Waals surface area contributed by atoms with Crippen LogP contribution in [0, 0.1) is 0 Å². The number of aryl methyl sites for hydroxylation is 1. The summed E-state index contributed by atoms with van der Waals surface area (Å²) < 4.78 is 2.17. The normalized spacial score (nSPS) is 17.5. The molecule has 1 amide bonds.